The number of rotatable bonds is 11. The predicted octanol–water partition coefficient (Wildman–Crippen LogP) is 22.2. The minimum absolute atomic E-state index is 0. The fraction of sp³-hybridized carbons (Fsp3) is 0.263. The summed E-state index contributed by atoms with van der Waals surface area (Å²) in [5.41, 5.74) is 2.58. The maximum atomic E-state index is 12.5. The second kappa shape index (κ2) is 97.5. The van der Waals surface area contributed by atoms with Gasteiger partial charge in [0.2, 0.25) is 0 Å². The van der Waals surface area contributed by atoms with Crippen LogP contribution in [0, 0.1) is 120 Å². The number of para-hydroxylation sites is 5. The molecule has 15 rings (SSSR count). The molecule has 4 heterocycles. The normalized spacial score (nSPS) is 12.2. The van der Waals surface area contributed by atoms with Crippen LogP contribution < -0.4 is 56.8 Å². The summed E-state index contributed by atoms with van der Waals surface area (Å²) in [6, 6.07) is 82.5. The molecule has 3 aliphatic rings. The minimum atomic E-state index is -0.995. The number of hydrogen-bond donors (Lipinski definition) is 0. The molecule has 0 saturated heterocycles. The number of nitrogens with zero attached hydrogens (tertiary/aromatic N) is 2. The quantitative estimate of drug-likeness (QED) is 0.0893. The molecule has 12 aromatic rings. The van der Waals surface area contributed by atoms with Crippen molar-refractivity contribution >= 4 is 23.2 Å². The number of benzene rings is 10. The molecule has 0 amide bonds. The third-order valence-electron chi connectivity index (χ3n) is 15.5. The first-order chi connectivity index (χ1) is 57.5. The van der Waals surface area contributed by atoms with Crippen molar-refractivity contribution in [1.29, 1.82) is 0 Å². The van der Waals surface area contributed by atoms with Gasteiger partial charge in [-0.1, -0.05) is 55.7 Å². The van der Waals surface area contributed by atoms with Crippen molar-refractivity contribution in [2.24, 2.45) is 5.92 Å². The summed E-state index contributed by atoms with van der Waals surface area (Å²) in [7, 11) is 16.8. The van der Waals surface area contributed by atoms with Crippen molar-refractivity contribution < 1.29 is 485 Å². The van der Waals surface area contributed by atoms with Crippen molar-refractivity contribution in [2.75, 3.05) is 78.2 Å². The van der Waals surface area contributed by atoms with Crippen LogP contribution in [0.25, 0.3) is 0 Å². The van der Waals surface area contributed by atoms with Crippen molar-refractivity contribution in [3.05, 3.63) is 348 Å². The summed E-state index contributed by atoms with van der Waals surface area (Å²) in [5, 5.41) is 1.27. The summed E-state index contributed by atoms with van der Waals surface area (Å²) < 4.78 is 150. The Morgan fingerprint density at radius 3 is 1.29 bits per heavy atom. The molecule has 2 aromatic heterocycles. The molecule has 1 fully saturated rings. The van der Waals surface area contributed by atoms with Crippen molar-refractivity contribution in [3.63, 3.8) is 0 Å². The molecular formula is C95H95Cl2F7N2O13Y12-12. The molecule has 15 nitrogen and oxygen atoms in total. The first kappa shape index (κ1) is 153. The number of pyridine rings is 2. The van der Waals surface area contributed by atoms with Gasteiger partial charge in [0.15, 0.2) is 0 Å². The van der Waals surface area contributed by atoms with Crippen LogP contribution >= 0.6 is 23.2 Å². The Hall–Kier alpha value is 1.40. The van der Waals surface area contributed by atoms with Crippen LogP contribution in [0.3, 0.4) is 0 Å². The van der Waals surface area contributed by atoms with E-state index in [0.29, 0.717) is 62.9 Å². The van der Waals surface area contributed by atoms with E-state index in [9.17, 15) is 30.7 Å². The SMILES string of the molecule is CC1CCc2ccc[c-]c2O1.CC1Cc2ccc[c-]c2O1.COC1CCCCC1C.COc1[c-]c(F)ccc1.COc1[c-]cc(F)c(F)c1.COc1[c-]ccc(Cl)c1.COc1[c-]ccc(F)c1.COc1[c-]ccc(F)c1F.COc1[c-]cccc1.COc1[c-]cccc1Cl.COc1[c-]cccc1F.COc1[c-]ccnc1.COc1[c-]nccc1.[Y].[Y].[Y].[Y].[Y].[Y].[Y].[Y].[Y].[Y].[Y].[Y]. The van der Waals surface area contributed by atoms with E-state index >= 15 is 0 Å². The average molecular weight is 2740 g/mol. The Morgan fingerprint density at radius 1 is 0.366 bits per heavy atom. The number of hydrogen-bond acceptors (Lipinski definition) is 15. The van der Waals surface area contributed by atoms with E-state index in [2.05, 4.69) is 130 Å². The maximum absolute atomic E-state index is 12.5. The summed E-state index contributed by atoms with van der Waals surface area (Å²) in [6.07, 6.45) is 17.5. The maximum Gasteiger partial charge on any atom is 0.0921 e. The Labute approximate surface area is 1080 Å². The van der Waals surface area contributed by atoms with Gasteiger partial charge in [-0.15, -0.1) is 144 Å². The largest absolute Gasteiger partial charge is 0.523 e. The van der Waals surface area contributed by atoms with E-state index < -0.39 is 29.1 Å². The molecule has 131 heavy (non-hydrogen) atoms. The summed E-state index contributed by atoms with van der Waals surface area (Å²) >= 11 is 11.3. The van der Waals surface area contributed by atoms with E-state index in [4.69, 9.17) is 70.6 Å². The van der Waals surface area contributed by atoms with E-state index in [1.165, 1.54) is 109 Å². The number of methoxy groups -OCH3 is 11. The molecule has 36 heteroatoms. The third-order valence-corrected chi connectivity index (χ3v) is 16.1. The van der Waals surface area contributed by atoms with Gasteiger partial charge in [0, 0.05) is 492 Å². The molecular weight excluding hydrogens is 2650 g/mol. The van der Waals surface area contributed by atoms with E-state index in [1.807, 2.05) is 61.7 Å². The first-order valence-electron chi connectivity index (χ1n) is 36.5. The average Bonchev–Trinajstić information content (AvgIpc) is 0.886. The van der Waals surface area contributed by atoms with Crippen LogP contribution in [0.5, 0.6) is 69.0 Å². The van der Waals surface area contributed by atoms with Crippen LogP contribution in [0.4, 0.5) is 30.7 Å². The van der Waals surface area contributed by atoms with Gasteiger partial charge in [0.1, 0.15) is 0 Å². The Balaban J connectivity index is -0.000000150. The van der Waals surface area contributed by atoms with Gasteiger partial charge in [-0.25, -0.2) is 17.6 Å². The molecule has 1 aliphatic carbocycles. The second-order valence-electron chi connectivity index (χ2n) is 23.9. The van der Waals surface area contributed by atoms with Gasteiger partial charge < -0.3 is 71.5 Å². The zero-order chi connectivity index (χ0) is 87.4. The number of aryl methyl sites for hydroxylation is 1. The molecule has 4 unspecified atom stereocenters. The van der Waals surface area contributed by atoms with Crippen LogP contribution in [0.2, 0.25) is 10.0 Å². The summed E-state index contributed by atoms with van der Waals surface area (Å²) in [6.45, 7) is 6.46. The van der Waals surface area contributed by atoms with Gasteiger partial charge in [0.05, 0.1) is 107 Å². The number of halogens is 9. The van der Waals surface area contributed by atoms with E-state index in [-0.39, 0.29) is 421 Å². The molecule has 1 saturated carbocycles. The van der Waals surface area contributed by atoms with Crippen LogP contribution in [0.15, 0.2) is 213 Å². The Bertz CT molecular complexity index is 4420. The van der Waals surface area contributed by atoms with Gasteiger partial charge in [-0.05, 0) is 62.9 Å². The van der Waals surface area contributed by atoms with E-state index in [0.717, 1.165) is 60.6 Å². The van der Waals surface area contributed by atoms with Crippen molar-refractivity contribution in [3.8, 4) is 69.0 Å². The fourth-order valence-electron chi connectivity index (χ4n) is 9.50. The molecule has 2 aliphatic heterocycles. The zero-order valence-electron chi connectivity index (χ0n) is 75.5. The first-order valence-corrected chi connectivity index (χ1v) is 37.2. The summed E-state index contributed by atoms with van der Waals surface area (Å²) in [4.78, 5) is 7.50. The number of ether oxygens (including phenoxy) is 13. The topological polar surface area (TPSA) is 146 Å². The number of fused-ring (bicyclic) bond motifs is 2. The standard InChI is InChI=1S/C10H11O.C9H9O.C8H16O.2C7H6ClO.2C7H5F2O.3C7H6FO.C7H7O.2C6H6NO.12Y/c1-8-6-7-9-4-2-3-5-10(9)11-8;1-7-6-8-4-2-3-5-9(8)10-7;1-7-5-3-4-6-8(7)9-2;1-9-7-4-2-3-6(8)5-7;1-9-7-5-3-2-4-6(7)8;1-10-5-2-3-6(8)7(9)4-5;1-10-6-4-2-3-5(8)7(6)9;2*1-9-7-4-2-3-6(8)5-7;1-9-7-5-3-2-4-6(7)8;1-8-7-5-3-2-4-6-7;2*1-8-6-3-2-4-7-5-6;;;;;;;;;;;;/h2-4,8H,6-7H2,1H3;2-4,7H,6H2,1H3;7-8H,3-6H2,1-2H3;2-3,5H,1H3;2-4H,1H3;3-4H,1H3;2-3H,1H3;2-3,5H,1H3;2*2-4H,1H3;2-5H,1H3;2,4-5H,1H3;2-4H,1H3;;;;;;;;;;;;/q2*-1;;10*-1;;;;;;;;;;;;. The monoisotopic (exact) mass is 2740 g/mol. The van der Waals surface area contributed by atoms with Crippen LogP contribution in [0.1, 0.15) is 64.0 Å². The molecule has 0 spiro atoms. The minimum Gasteiger partial charge on any atom is -0.523 e. The molecule has 674 valence electrons. The second-order valence-corrected chi connectivity index (χ2v) is 24.8. The molecule has 0 bridgehead atoms. The predicted molar refractivity (Wildman–Crippen MR) is 445 cm³/mol. The van der Waals surface area contributed by atoms with Gasteiger partial charge in [-0.2, -0.15) is 139 Å². The number of aromatic nitrogens is 2. The molecule has 4 atom stereocenters. The third kappa shape index (κ3) is 70.7. The van der Waals surface area contributed by atoms with Gasteiger partial charge >= 0.3 is 0 Å². The van der Waals surface area contributed by atoms with E-state index in [1.54, 1.807) is 127 Å². The zero-order valence-corrected chi connectivity index (χ0v) is 111. The Morgan fingerprint density at radius 2 is 0.863 bits per heavy atom. The summed E-state index contributed by atoms with van der Waals surface area (Å²) in [5.74, 6) is 2.28. The van der Waals surface area contributed by atoms with Gasteiger partial charge in [0.25, 0.3) is 0 Å². The smallest absolute Gasteiger partial charge is 0.0921 e. The van der Waals surface area contributed by atoms with Crippen molar-refractivity contribution in [1.82, 2.24) is 9.97 Å². The fourth-order valence-corrected chi connectivity index (χ4v) is 9.87. The van der Waals surface area contributed by atoms with Gasteiger partial charge in [-0.3, -0.25) is 13.2 Å². The van der Waals surface area contributed by atoms with Crippen LogP contribution in [-0.2, 0) is 410 Å². The Kier molecular flexibility index (Phi) is 114. The van der Waals surface area contributed by atoms with Crippen molar-refractivity contribution in [2.45, 2.75) is 84.0 Å². The molecule has 12 radical (unpaired) electrons. The van der Waals surface area contributed by atoms with Crippen LogP contribution in [-0.4, -0.2) is 106 Å². The molecule has 0 N–H and O–H groups in total. The molecule has 10 aromatic carbocycles.